The lowest BCUT2D eigenvalue weighted by atomic mass is 10.1. The number of amides is 1. The Kier molecular flexibility index (Phi) is 6.06. The smallest absolute Gasteiger partial charge is 0.224 e. The van der Waals surface area contributed by atoms with Crippen molar-refractivity contribution in [2.24, 2.45) is 0 Å². The van der Waals surface area contributed by atoms with Crippen LogP contribution in [0.5, 0.6) is 11.5 Å². The van der Waals surface area contributed by atoms with Crippen molar-refractivity contribution in [2.45, 2.75) is 12.8 Å². The predicted molar refractivity (Wildman–Crippen MR) is 95.7 cm³/mol. The molecule has 0 aromatic heterocycles. The van der Waals surface area contributed by atoms with Gasteiger partial charge in [0.15, 0.2) is 0 Å². The van der Waals surface area contributed by atoms with Crippen LogP contribution in [0.3, 0.4) is 0 Å². The monoisotopic (exact) mass is 411 g/mol. The molecule has 2 aromatic rings. The van der Waals surface area contributed by atoms with Gasteiger partial charge in [0, 0.05) is 21.2 Å². The third-order valence-corrected chi connectivity index (χ3v) is 3.98. The largest absolute Gasteiger partial charge is 0.496 e. The van der Waals surface area contributed by atoms with Crippen molar-refractivity contribution in [3.05, 3.63) is 51.6 Å². The molecule has 22 heavy (non-hydrogen) atoms. The molecule has 116 valence electrons. The fourth-order valence-electron chi connectivity index (χ4n) is 2.17. The van der Waals surface area contributed by atoms with Crippen molar-refractivity contribution < 1.29 is 14.3 Å². The highest BCUT2D eigenvalue weighted by molar-refractivity contribution is 14.1. The second kappa shape index (κ2) is 8.03. The summed E-state index contributed by atoms with van der Waals surface area (Å²) in [5.41, 5.74) is 1.71. The fourth-order valence-corrected chi connectivity index (χ4v) is 2.53. The molecule has 0 saturated carbocycles. The summed E-state index contributed by atoms with van der Waals surface area (Å²) in [6.07, 6.45) is 0.923. The Morgan fingerprint density at radius 1 is 1.05 bits per heavy atom. The fraction of sp³-hybridized carbons (Fsp3) is 0.235. The van der Waals surface area contributed by atoms with Crippen LogP contribution in [-0.4, -0.2) is 20.1 Å². The van der Waals surface area contributed by atoms with Crippen LogP contribution in [0.4, 0.5) is 5.69 Å². The summed E-state index contributed by atoms with van der Waals surface area (Å²) in [6.45, 7) is 0. The molecule has 2 rings (SSSR count). The Balaban J connectivity index is 2.00. The second-order valence-electron chi connectivity index (χ2n) is 4.70. The molecule has 0 aliphatic rings. The number of benzene rings is 2. The number of hydrogen-bond donors (Lipinski definition) is 1. The summed E-state index contributed by atoms with van der Waals surface area (Å²) >= 11 is 2.23. The number of ether oxygens (including phenoxy) is 2. The molecule has 0 spiro atoms. The van der Waals surface area contributed by atoms with E-state index in [4.69, 9.17) is 9.47 Å². The quantitative estimate of drug-likeness (QED) is 0.735. The molecule has 0 aliphatic carbocycles. The Hall–Kier alpha value is -1.76. The van der Waals surface area contributed by atoms with Crippen molar-refractivity contribution in [1.29, 1.82) is 0 Å². The summed E-state index contributed by atoms with van der Waals surface area (Å²) in [5, 5.41) is 2.89. The predicted octanol–water partition coefficient (Wildman–Crippen LogP) is 3.88. The van der Waals surface area contributed by atoms with Gasteiger partial charge >= 0.3 is 0 Å². The second-order valence-corrected chi connectivity index (χ2v) is 5.94. The van der Waals surface area contributed by atoms with E-state index in [1.807, 2.05) is 42.5 Å². The standard InChI is InChI=1S/C17H18INO3/c1-21-15-4-3-5-16(22-2)14(15)10-11-17(20)19-13-8-6-12(18)7-9-13/h3-9H,10-11H2,1-2H3,(H,19,20). The molecule has 4 nitrogen and oxygen atoms in total. The van der Waals surface area contributed by atoms with E-state index in [-0.39, 0.29) is 5.91 Å². The van der Waals surface area contributed by atoms with Crippen LogP contribution in [-0.2, 0) is 11.2 Å². The van der Waals surface area contributed by atoms with Gasteiger partial charge < -0.3 is 14.8 Å². The van der Waals surface area contributed by atoms with Crippen molar-refractivity contribution in [2.75, 3.05) is 19.5 Å². The molecule has 1 N–H and O–H groups in total. The summed E-state index contributed by atoms with van der Waals surface area (Å²) in [4.78, 5) is 12.1. The van der Waals surface area contributed by atoms with E-state index in [1.54, 1.807) is 14.2 Å². The molecule has 0 atom stereocenters. The Bertz CT molecular complexity index is 619. The molecule has 1 amide bonds. The van der Waals surface area contributed by atoms with E-state index in [0.29, 0.717) is 12.8 Å². The average Bonchev–Trinajstić information content (AvgIpc) is 2.54. The van der Waals surface area contributed by atoms with Crippen molar-refractivity contribution >= 4 is 34.2 Å². The van der Waals surface area contributed by atoms with E-state index in [1.165, 1.54) is 0 Å². The number of methoxy groups -OCH3 is 2. The van der Waals surface area contributed by atoms with Crippen LogP contribution >= 0.6 is 22.6 Å². The molecule has 0 aliphatic heterocycles. The van der Waals surface area contributed by atoms with Crippen LogP contribution in [0.15, 0.2) is 42.5 Å². The summed E-state index contributed by atoms with van der Waals surface area (Å²) in [6, 6.07) is 13.3. The summed E-state index contributed by atoms with van der Waals surface area (Å²) < 4.78 is 11.8. The van der Waals surface area contributed by atoms with Gasteiger partial charge in [-0.3, -0.25) is 4.79 Å². The molecule has 0 unspecified atom stereocenters. The molecule has 5 heteroatoms. The molecular weight excluding hydrogens is 393 g/mol. The highest BCUT2D eigenvalue weighted by atomic mass is 127. The zero-order valence-electron chi connectivity index (χ0n) is 12.6. The Labute approximate surface area is 144 Å². The van der Waals surface area contributed by atoms with Gasteiger partial charge in [-0.15, -0.1) is 0 Å². The Morgan fingerprint density at radius 2 is 1.64 bits per heavy atom. The van der Waals surface area contributed by atoms with Crippen molar-refractivity contribution in [3.8, 4) is 11.5 Å². The van der Waals surface area contributed by atoms with E-state index in [9.17, 15) is 4.79 Å². The molecule has 0 fully saturated rings. The van der Waals surface area contributed by atoms with Gasteiger partial charge in [0.1, 0.15) is 11.5 Å². The summed E-state index contributed by atoms with van der Waals surface area (Å²) in [7, 11) is 3.23. The van der Waals surface area contributed by atoms with Gasteiger partial charge in [0.2, 0.25) is 5.91 Å². The number of anilines is 1. The number of nitrogens with one attached hydrogen (secondary N) is 1. The zero-order chi connectivity index (χ0) is 15.9. The van der Waals surface area contributed by atoms with Crippen LogP contribution < -0.4 is 14.8 Å². The molecule has 0 radical (unpaired) electrons. The maximum absolute atomic E-state index is 12.1. The first-order valence-electron chi connectivity index (χ1n) is 6.89. The van der Waals surface area contributed by atoms with Crippen molar-refractivity contribution in [3.63, 3.8) is 0 Å². The minimum absolute atomic E-state index is 0.0332. The zero-order valence-corrected chi connectivity index (χ0v) is 14.7. The highest BCUT2D eigenvalue weighted by Crippen LogP contribution is 2.29. The third kappa shape index (κ3) is 4.37. The van der Waals surface area contributed by atoms with Gasteiger partial charge in [0.25, 0.3) is 0 Å². The number of carbonyl (C=O) groups excluding carboxylic acids is 1. The Morgan fingerprint density at radius 3 is 2.18 bits per heavy atom. The molecule has 0 heterocycles. The third-order valence-electron chi connectivity index (χ3n) is 3.26. The van der Waals surface area contributed by atoms with Crippen LogP contribution in [0.25, 0.3) is 0 Å². The van der Waals surface area contributed by atoms with Gasteiger partial charge in [-0.2, -0.15) is 0 Å². The topological polar surface area (TPSA) is 47.6 Å². The first-order chi connectivity index (χ1) is 10.6. The first kappa shape index (κ1) is 16.6. The molecular formula is C17H18INO3. The van der Waals surface area contributed by atoms with E-state index in [2.05, 4.69) is 27.9 Å². The lowest BCUT2D eigenvalue weighted by Crippen LogP contribution is -2.12. The number of rotatable bonds is 6. The number of carbonyl (C=O) groups is 1. The minimum Gasteiger partial charge on any atom is -0.496 e. The number of halogens is 1. The van der Waals surface area contributed by atoms with Gasteiger partial charge in [-0.05, 0) is 65.4 Å². The lowest BCUT2D eigenvalue weighted by Gasteiger charge is -2.13. The van der Waals surface area contributed by atoms with E-state index in [0.717, 1.165) is 26.3 Å². The first-order valence-corrected chi connectivity index (χ1v) is 7.97. The highest BCUT2D eigenvalue weighted by Gasteiger charge is 2.12. The SMILES string of the molecule is COc1cccc(OC)c1CCC(=O)Nc1ccc(I)cc1. The molecule has 0 saturated heterocycles. The number of hydrogen-bond acceptors (Lipinski definition) is 3. The molecule has 0 bridgehead atoms. The van der Waals surface area contributed by atoms with Crippen LogP contribution in [0.2, 0.25) is 0 Å². The van der Waals surface area contributed by atoms with Gasteiger partial charge in [0.05, 0.1) is 14.2 Å². The summed E-state index contributed by atoms with van der Waals surface area (Å²) in [5.74, 6) is 1.44. The maximum atomic E-state index is 12.1. The van der Waals surface area contributed by atoms with Crippen LogP contribution in [0, 0.1) is 3.57 Å². The normalized spacial score (nSPS) is 10.1. The van der Waals surface area contributed by atoms with Gasteiger partial charge in [-0.1, -0.05) is 6.07 Å². The van der Waals surface area contributed by atoms with Crippen LogP contribution in [0.1, 0.15) is 12.0 Å². The van der Waals surface area contributed by atoms with E-state index >= 15 is 0 Å². The molecule has 2 aromatic carbocycles. The van der Waals surface area contributed by atoms with Gasteiger partial charge in [-0.25, -0.2) is 0 Å². The van der Waals surface area contributed by atoms with Crippen molar-refractivity contribution in [1.82, 2.24) is 0 Å². The average molecular weight is 411 g/mol. The minimum atomic E-state index is -0.0332. The lowest BCUT2D eigenvalue weighted by molar-refractivity contribution is -0.116. The maximum Gasteiger partial charge on any atom is 0.224 e. The van der Waals surface area contributed by atoms with E-state index < -0.39 is 0 Å².